The van der Waals surface area contributed by atoms with Gasteiger partial charge in [-0.15, -0.1) is 0 Å². The van der Waals surface area contributed by atoms with Crippen molar-refractivity contribution in [2.24, 2.45) is 5.92 Å². The predicted molar refractivity (Wildman–Crippen MR) is 112 cm³/mol. The molecule has 26 heavy (non-hydrogen) atoms. The second kappa shape index (κ2) is 8.01. The first kappa shape index (κ1) is 17.9. The second-order valence-corrected chi connectivity index (χ2v) is 8.52. The molecular formula is C25H29Cl. The Morgan fingerprint density at radius 1 is 0.923 bits per heavy atom. The van der Waals surface area contributed by atoms with Crippen LogP contribution in [-0.4, -0.2) is 0 Å². The number of hydrogen-bond acceptors (Lipinski definition) is 0. The molecule has 0 saturated carbocycles. The Morgan fingerprint density at radius 3 is 2.35 bits per heavy atom. The van der Waals surface area contributed by atoms with Gasteiger partial charge in [-0.05, 0) is 110 Å². The van der Waals surface area contributed by atoms with Gasteiger partial charge in [-0.3, -0.25) is 0 Å². The highest BCUT2D eigenvalue weighted by molar-refractivity contribution is 6.30. The highest BCUT2D eigenvalue weighted by Gasteiger charge is 2.26. The van der Waals surface area contributed by atoms with E-state index in [1.807, 2.05) is 12.1 Å². The first-order valence-corrected chi connectivity index (χ1v) is 10.6. The van der Waals surface area contributed by atoms with Gasteiger partial charge >= 0.3 is 0 Å². The lowest BCUT2D eigenvalue weighted by Crippen LogP contribution is -2.20. The molecule has 2 aliphatic rings. The molecule has 0 heterocycles. The molecule has 2 atom stereocenters. The monoisotopic (exact) mass is 364 g/mol. The maximum atomic E-state index is 6.06. The van der Waals surface area contributed by atoms with Gasteiger partial charge in [-0.1, -0.05) is 48.0 Å². The Balaban J connectivity index is 1.50. The normalized spacial score (nSPS) is 22.2. The van der Waals surface area contributed by atoms with Crippen molar-refractivity contribution in [3.63, 3.8) is 0 Å². The first-order chi connectivity index (χ1) is 12.7. The maximum absolute atomic E-state index is 6.06. The van der Waals surface area contributed by atoms with Crippen LogP contribution in [0.25, 0.3) is 0 Å². The third kappa shape index (κ3) is 3.76. The molecule has 0 radical (unpaired) electrons. The van der Waals surface area contributed by atoms with Crippen LogP contribution in [0.3, 0.4) is 0 Å². The van der Waals surface area contributed by atoms with E-state index in [1.165, 1.54) is 56.9 Å². The van der Waals surface area contributed by atoms with Crippen LogP contribution in [0.2, 0.25) is 5.02 Å². The molecule has 0 amide bonds. The number of benzene rings is 2. The van der Waals surface area contributed by atoms with E-state index in [1.54, 1.807) is 22.3 Å². The molecule has 1 heteroatoms. The molecule has 2 aromatic carbocycles. The summed E-state index contributed by atoms with van der Waals surface area (Å²) in [6.07, 6.45) is 14.8. The molecule has 136 valence electrons. The summed E-state index contributed by atoms with van der Waals surface area (Å²) in [5, 5.41) is 0.836. The van der Waals surface area contributed by atoms with Crippen molar-refractivity contribution < 1.29 is 0 Å². The number of rotatable bonds is 4. The topological polar surface area (TPSA) is 0 Å². The van der Waals surface area contributed by atoms with Crippen LogP contribution in [0.15, 0.2) is 48.6 Å². The predicted octanol–water partition coefficient (Wildman–Crippen LogP) is 7.07. The molecule has 4 rings (SSSR count). The zero-order valence-corrected chi connectivity index (χ0v) is 16.6. The van der Waals surface area contributed by atoms with Crippen molar-refractivity contribution in [3.05, 3.63) is 81.4 Å². The lowest BCUT2D eigenvalue weighted by atomic mass is 9.73. The van der Waals surface area contributed by atoms with Gasteiger partial charge in [0.15, 0.2) is 0 Å². The molecule has 0 spiro atoms. The number of halogens is 1. The fraction of sp³-hybridized carbons (Fsp3) is 0.440. The van der Waals surface area contributed by atoms with E-state index in [0.717, 1.165) is 10.9 Å². The number of hydrogen-bond donors (Lipinski definition) is 0. The van der Waals surface area contributed by atoms with Gasteiger partial charge in [-0.2, -0.15) is 0 Å². The van der Waals surface area contributed by atoms with Crippen LogP contribution in [0.1, 0.15) is 66.3 Å². The molecule has 0 fully saturated rings. The van der Waals surface area contributed by atoms with Crippen molar-refractivity contribution in [2.45, 2.75) is 64.2 Å². The summed E-state index contributed by atoms with van der Waals surface area (Å²) in [6.45, 7) is 2.12. The Kier molecular flexibility index (Phi) is 5.50. The maximum Gasteiger partial charge on any atom is 0.0406 e. The molecule has 0 saturated heterocycles. The van der Waals surface area contributed by atoms with Crippen molar-refractivity contribution in [1.29, 1.82) is 0 Å². The van der Waals surface area contributed by atoms with Crippen molar-refractivity contribution in [3.8, 4) is 0 Å². The van der Waals surface area contributed by atoms with E-state index in [2.05, 4.69) is 43.3 Å². The van der Waals surface area contributed by atoms with Crippen LogP contribution < -0.4 is 0 Å². The molecule has 0 nitrogen and oxygen atoms in total. The van der Waals surface area contributed by atoms with Crippen LogP contribution >= 0.6 is 11.6 Å². The molecule has 2 unspecified atom stereocenters. The average Bonchev–Trinajstić information content (AvgIpc) is 2.68. The Hall–Kier alpha value is -1.53. The summed E-state index contributed by atoms with van der Waals surface area (Å²) in [5.41, 5.74) is 8.09. The molecule has 0 bridgehead atoms. The van der Waals surface area contributed by atoms with Crippen LogP contribution in [0.4, 0.5) is 0 Å². The minimum absolute atomic E-state index is 0.648. The summed E-state index contributed by atoms with van der Waals surface area (Å²) >= 11 is 6.06. The van der Waals surface area contributed by atoms with Gasteiger partial charge in [0.2, 0.25) is 0 Å². The molecular weight excluding hydrogens is 336 g/mol. The summed E-state index contributed by atoms with van der Waals surface area (Å²) in [7, 11) is 0. The van der Waals surface area contributed by atoms with Gasteiger partial charge < -0.3 is 0 Å². The average molecular weight is 365 g/mol. The number of fused-ring (bicyclic) bond motifs is 3. The number of allylic oxidation sites excluding steroid dienone is 2. The summed E-state index contributed by atoms with van der Waals surface area (Å²) < 4.78 is 0. The van der Waals surface area contributed by atoms with E-state index in [4.69, 9.17) is 11.6 Å². The van der Waals surface area contributed by atoms with E-state index >= 15 is 0 Å². The van der Waals surface area contributed by atoms with Crippen LogP contribution in [-0.2, 0) is 25.7 Å². The van der Waals surface area contributed by atoms with Gasteiger partial charge in [0.05, 0.1) is 0 Å². The Labute approximate surface area is 163 Å². The lowest BCUT2D eigenvalue weighted by molar-refractivity contribution is 0.427. The summed E-state index contributed by atoms with van der Waals surface area (Å²) in [5.74, 6) is 1.53. The highest BCUT2D eigenvalue weighted by Crippen LogP contribution is 2.39. The van der Waals surface area contributed by atoms with E-state index < -0.39 is 0 Å². The Bertz CT molecular complexity index is 785. The summed E-state index contributed by atoms with van der Waals surface area (Å²) in [4.78, 5) is 0. The van der Waals surface area contributed by atoms with Gasteiger partial charge in [0.25, 0.3) is 0 Å². The second-order valence-electron chi connectivity index (χ2n) is 8.09. The first-order valence-electron chi connectivity index (χ1n) is 10.2. The minimum atomic E-state index is 0.648. The van der Waals surface area contributed by atoms with Crippen LogP contribution in [0, 0.1) is 5.92 Å². The molecule has 0 aliphatic heterocycles. The van der Waals surface area contributed by atoms with Crippen molar-refractivity contribution >= 4 is 11.6 Å². The van der Waals surface area contributed by atoms with Crippen molar-refractivity contribution in [1.82, 2.24) is 0 Å². The highest BCUT2D eigenvalue weighted by atomic mass is 35.5. The van der Waals surface area contributed by atoms with Crippen LogP contribution in [0.5, 0.6) is 0 Å². The molecule has 2 aromatic rings. The third-order valence-corrected chi connectivity index (χ3v) is 6.72. The van der Waals surface area contributed by atoms with Gasteiger partial charge in [-0.25, -0.2) is 0 Å². The quantitative estimate of drug-likeness (QED) is 0.508. The minimum Gasteiger partial charge on any atom is -0.0917 e. The Morgan fingerprint density at radius 2 is 1.62 bits per heavy atom. The third-order valence-electron chi connectivity index (χ3n) is 6.46. The van der Waals surface area contributed by atoms with Gasteiger partial charge in [0.1, 0.15) is 0 Å². The van der Waals surface area contributed by atoms with E-state index in [0.29, 0.717) is 5.92 Å². The standard InChI is InChI=1S/C25H29Cl/c1-2-3-4-5-18-6-14-24-21(16-18)7-8-22-17-20(11-15-25(22)24)19-9-12-23(26)13-10-19/h2-3,7-10,12-13,18,20H,4-6,11,14-17H2,1H3. The fourth-order valence-electron chi connectivity index (χ4n) is 5.01. The van der Waals surface area contributed by atoms with Crippen molar-refractivity contribution in [2.75, 3.05) is 0 Å². The molecule has 0 N–H and O–H groups in total. The molecule has 2 aliphatic carbocycles. The van der Waals surface area contributed by atoms with E-state index in [-0.39, 0.29) is 0 Å². The zero-order valence-electron chi connectivity index (χ0n) is 15.8. The zero-order chi connectivity index (χ0) is 17.9. The van der Waals surface area contributed by atoms with Gasteiger partial charge in [0, 0.05) is 5.02 Å². The fourth-order valence-corrected chi connectivity index (χ4v) is 5.13. The van der Waals surface area contributed by atoms with E-state index in [9.17, 15) is 0 Å². The summed E-state index contributed by atoms with van der Waals surface area (Å²) in [6, 6.07) is 13.4. The SMILES string of the molecule is CC=CCCC1CCc2c(ccc3c2CCC(c2ccc(Cl)cc2)C3)C1. The largest absolute Gasteiger partial charge is 0.0917 e. The lowest BCUT2D eigenvalue weighted by Gasteiger charge is -2.32. The molecule has 0 aromatic heterocycles. The smallest absolute Gasteiger partial charge is 0.0406 e.